The molecule has 0 spiro atoms. The fourth-order valence-corrected chi connectivity index (χ4v) is 4.56. The SMILES string of the molecule is Cc1nn(-c2cccc(OC(F)(F)F)c2)c(C2CC2)c1C(=O)N1CCC(N(C)CCO)CC1. The smallest absolute Gasteiger partial charge is 0.406 e. The van der Waals surface area contributed by atoms with Gasteiger partial charge in [0.25, 0.3) is 5.91 Å². The lowest BCUT2D eigenvalue weighted by Crippen LogP contribution is -2.46. The van der Waals surface area contributed by atoms with Crippen molar-refractivity contribution in [3.63, 3.8) is 0 Å². The lowest BCUT2D eigenvalue weighted by atomic mass is 10.0. The average molecular weight is 467 g/mol. The minimum atomic E-state index is -4.78. The van der Waals surface area contributed by atoms with Crippen LogP contribution in [0.3, 0.4) is 0 Å². The van der Waals surface area contributed by atoms with Crippen molar-refractivity contribution < 1.29 is 27.8 Å². The maximum atomic E-state index is 13.5. The number of aliphatic hydroxyl groups is 1. The second kappa shape index (κ2) is 9.34. The summed E-state index contributed by atoms with van der Waals surface area (Å²) >= 11 is 0. The van der Waals surface area contributed by atoms with Crippen molar-refractivity contribution in [2.24, 2.45) is 0 Å². The second-order valence-electron chi connectivity index (χ2n) is 8.80. The summed E-state index contributed by atoms with van der Waals surface area (Å²) in [5.74, 6) is -0.242. The van der Waals surface area contributed by atoms with Gasteiger partial charge in [-0.05, 0) is 51.8 Å². The van der Waals surface area contributed by atoms with E-state index in [2.05, 4.69) is 14.7 Å². The van der Waals surface area contributed by atoms with Crippen LogP contribution in [0.1, 0.15) is 53.3 Å². The van der Waals surface area contributed by atoms with Crippen molar-refractivity contribution in [1.29, 1.82) is 0 Å². The van der Waals surface area contributed by atoms with Gasteiger partial charge in [0.1, 0.15) is 5.75 Å². The average Bonchev–Trinajstić information content (AvgIpc) is 3.54. The quantitative estimate of drug-likeness (QED) is 0.677. The number of hydrogen-bond donors (Lipinski definition) is 1. The van der Waals surface area contributed by atoms with Gasteiger partial charge in [0, 0.05) is 37.7 Å². The molecule has 0 bridgehead atoms. The largest absolute Gasteiger partial charge is 0.573 e. The van der Waals surface area contributed by atoms with E-state index >= 15 is 0 Å². The number of carbonyl (C=O) groups is 1. The molecule has 1 saturated heterocycles. The van der Waals surface area contributed by atoms with Gasteiger partial charge in [0.05, 0.1) is 29.2 Å². The first-order valence-corrected chi connectivity index (χ1v) is 11.2. The van der Waals surface area contributed by atoms with Crippen LogP contribution in [-0.2, 0) is 0 Å². The summed E-state index contributed by atoms with van der Waals surface area (Å²) in [7, 11) is 1.98. The first-order chi connectivity index (χ1) is 15.7. The number of piperidine rings is 1. The molecule has 1 N–H and O–H groups in total. The molecule has 1 saturated carbocycles. The van der Waals surface area contributed by atoms with E-state index < -0.39 is 6.36 Å². The topological polar surface area (TPSA) is 70.8 Å². The van der Waals surface area contributed by atoms with Crippen LogP contribution in [0.5, 0.6) is 5.75 Å². The number of benzene rings is 1. The highest BCUT2D eigenvalue weighted by atomic mass is 19.4. The maximum Gasteiger partial charge on any atom is 0.573 e. The molecule has 1 aromatic carbocycles. The monoisotopic (exact) mass is 466 g/mol. The Labute approximate surface area is 190 Å². The van der Waals surface area contributed by atoms with Gasteiger partial charge < -0.3 is 19.6 Å². The Morgan fingerprint density at radius 2 is 1.94 bits per heavy atom. The van der Waals surface area contributed by atoms with Gasteiger partial charge in [-0.2, -0.15) is 5.10 Å². The van der Waals surface area contributed by atoms with Gasteiger partial charge in [-0.3, -0.25) is 4.79 Å². The van der Waals surface area contributed by atoms with Crippen LogP contribution in [0.2, 0.25) is 0 Å². The summed E-state index contributed by atoms with van der Waals surface area (Å²) < 4.78 is 43.7. The Morgan fingerprint density at radius 3 is 2.55 bits per heavy atom. The molecular weight excluding hydrogens is 437 g/mol. The van der Waals surface area contributed by atoms with Gasteiger partial charge in [-0.15, -0.1) is 13.2 Å². The number of alkyl halides is 3. The van der Waals surface area contributed by atoms with Crippen LogP contribution in [0, 0.1) is 6.92 Å². The number of aryl methyl sites for hydroxylation is 1. The van der Waals surface area contributed by atoms with Crippen LogP contribution < -0.4 is 4.74 Å². The second-order valence-corrected chi connectivity index (χ2v) is 8.80. The summed E-state index contributed by atoms with van der Waals surface area (Å²) in [6.45, 7) is 3.71. The number of nitrogens with zero attached hydrogens (tertiary/aromatic N) is 4. The number of amides is 1. The highest BCUT2D eigenvalue weighted by molar-refractivity contribution is 5.97. The van der Waals surface area contributed by atoms with E-state index in [4.69, 9.17) is 5.11 Å². The summed E-state index contributed by atoms with van der Waals surface area (Å²) in [6.07, 6.45) is -1.30. The number of likely N-dealkylation sites (tertiary alicyclic amines) is 1. The van der Waals surface area contributed by atoms with Crippen molar-refractivity contribution in [3.8, 4) is 11.4 Å². The molecule has 10 heteroatoms. The van der Waals surface area contributed by atoms with Gasteiger partial charge in [0.15, 0.2) is 0 Å². The van der Waals surface area contributed by atoms with Crippen LogP contribution in [0.25, 0.3) is 5.69 Å². The number of aromatic nitrogens is 2. The molecule has 0 radical (unpaired) electrons. The number of ether oxygens (including phenoxy) is 1. The summed E-state index contributed by atoms with van der Waals surface area (Å²) in [4.78, 5) is 17.5. The third-order valence-corrected chi connectivity index (χ3v) is 6.40. The van der Waals surface area contributed by atoms with Crippen molar-refractivity contribution in [2.45, 2.75) is 50.9 Å². The van der Waals surface area contributed by atoms with Crippen molar-refractivity contribution in [2.75, 3.05) is 33.3 Å². The number of carbonyl (C=O) groups excluding carboxylic acids is 1. The molecule has 7 nitrogen and oxygen atoms in total. The van der Waals surface area contributed by atoms with Crippen LogP contribution in [-0.4, -0.2) is 76.3 Å². The zero-order valence-corrected chi connectivity index (χ0v) is 18.8. The Morgan fingerprint density at radius 1 is 1.24 bits per heavy atom. The fourth-order valence-electron chi connectivity index (χ4n) is 4.56. The van der Waals surface area contributed by atoms with Crippen LogP contribution in [0.4, 0.5) is 13.2 Å². The lowest BCUT2D eigenvalue weighted by molar-refractivity contribution is -0.274. The van der Waals surface area contributed by atoms with E-state index in [9.17, 15) is 18.0 Å². The van der Waals surface area contributed by atoms with Gasteiger partial charge >= 0.3 is 6.36 Å². The third-order valence-electron chi connectivity index (χ3n) is 6.40. The highest BCUT2D eigenvalue weighted by Crippen LogP contribution is 2.44. The predicted molar refractivity (Wildman–Crippen MR) is 116 cm³/mol. The number of aliphatic hydroxyl groups excluding tert-OH is 1. The Hall–Kier alpha value is -2.59. The van der Waals surface area contributed by atoms with Crippen molar-refractivity contribution >= 4 is 5.91 Å². The molecule has 1 amide bonds. The lowest BCUT2D eigenvalue weighted by Gasteiger charge is -2.36. The third kappa shape index (κ3) is 5.33. The van der Waals surface area contributed by atoms with E-state index in [0.29, 0.717) is 42.6 Å². The molecular formula is C23H29F3N4O3. The summed E-state index contributed by atoms with van der Waals surface area (Å²) in [5, 5.41) is 13.7. The Bertz CT molecular complexity index is 995. The predicted octanol–water partition coefficient (Wildman–Crippen LogP) is 3.49. The molecule has 180 valence electrons. The normalized spacial score (nSPS) is 17.6. The molecule has 2 fully saturated rings. The number of likely N-dealkylation sites (N-methyl/N-ethyl adjacent to an activating group) is 1. The fraction of sp³-hybridized carbons (Fsp3) is 0.565. The molecule has 2 aliphatic rings. The van der Waals surface area contributed by atoms with Gasteiger partial charge in [-0.1, -0.05) is 6.07 Å². The van der Waals surface area contributed by atoms with E-state index in [-0.39, 0.29) is 24.2 Å². The Kier molecular flexibility index (Phi) is 6.67. The zero-order valence-electron chi connectivity index (χ0n) is 18.8. The first-order valence-electron chi connectivity index (χ1n) is 11.2. The minimum Gasteiger partial charge on any atom is -0.406 e. The number of hydrogen-bond acceptors (Lipinski definition) is 5. The Balaban J connectivity index is 1.59. The standard InChI is InChI=1S/C23H29F3N4O3/c1-15-20(22(32)29-10-8-17(9-11-29)28(2)12-13-31)21(16-6-7-16)30(27-15)18-4-3-5-19(14-18)33-23(24,25)26/h3-5,14,16-17,31H,6-13H2,1-2H3. The molecule has 0 atom stereocenters. The van der Waals surface area contributed by atoms with Gasteiger partial charge in [0.2, 0.25) is 0 Å². The van der Waals surface area contributed by atoms with E-state index in [1.165, 1.54) is 18.2 Å². The number of halogens is 3. The van der Waals surface area contributed by atoms with E-state index in [0.717, 1.165) is 31.4 Å². The van der Waals surface area contributed by atoms with Crippen LogP contribution >= 0.6 is 0 Å². The summed E-state index contributed by atoms with van der Waals surface area (Å²) in [6, 6.07) is 6.01. The minimum absolute atomic E-state index is 0.0772. The van der Waals surface area contributed by atoms with Crippen molar-refractivity contribution in [3.05, 3.63) is 41.2 Å². The van der Waals surface area contributed by atoms with E-state index in [1.54, 1.807) is 17.7 Å². The molecule has 33 heavy (non-hydrogen) atoms. The van der Waals surface area contributed by atoms with E-state index in [1.807, 2.05) is 11.9 Å². The maximum absolute atomic E-state index is 13.5. The molecule has 1 aliphatic heterocycles. The summed E-state index contributed by atoms with van der Waals surface area (Å²) in [5.41, 5.74) is 2.33. The van der Waals surface area contributed by atoms with Crippen molar-refractivity contribution in [1.82, 2.24) is 19.6 Å². The highest BCUT2D eigenvalue weighted by Gasteiger charge is 2.37. The molecule has 2 aromatic rings. The molecule has 1 aromatic heterocycles. The zero-order chi connectivity index (χ0) is 23.8. The molecule has 4 rings (SSSR count). The van der Waals surface area contributed by atoms with Gasteiger partial charge in [-0.25, -0.2) is 4.68 Å². The van der Waals surface area contributed by atoms with Crippen LogP contribution in [0.15, 0.2) is 24.3 Å². The molecule has 2 heterocycles. The number of rotatable bonds is 7. The molecule has 0 unspecified atom stereocenters. The first kappa shape index (κ1) is 23.6. The molecule has 1 aliphatic carbocycles.